The average Bonchev–Trinajstić information content (AvgIpc) is 3.13. The maximum Gasteiger partial charge on any atom is 0.240 e. The highest BCUT2D eigenvalue weighted by molar-refractivity contribution is 7.89. The van der Waals surface area contributed by atoms with Crippen LogP contribution in [0.4, 0.5) is 0 Å². The van der Waals surface area contributed by atoms with Crippen molar-refractivity contribution in [1.29, 1.82) is 0 Å². The number of hydrogen-bond acceptors (Lipinski definition) is 5. The van der Waals surface area contributed by atoms with E-state index in [1.54, 1.807) is 18.3 Å². The monoisotopic (exact) mass is 408 g/mol. The number of ether oxygens (including phenoxy) is 1. The normalized spacial score (nSPS) is 11.6. The summed E-state index contributed by atoms with van der Waals surface area (Å²) in [5.41, 5.74) is 2.43. The van der Waals surface area contributed by atoms with Crippen LogP contribution in [0.5, 0.6) is 5.75 Å². The lowest BCUT2D eigenvalue weighted by atomic mass is 10.2. The zero-order valence-corrected chi connectivity index (χ0v) is 16.6. The standard InChI is InChI=1S/C21H20N4O3S/c1-28-17-9-11-18(12-10-17)29(26,27)23-14-15-25-20(16-6-3-2-4-7-16)24-19-8-5-13-22-21(19)25/h2-13,23H,14-15H2,1H3. The maximum absolute atomic E-state index is 12.6. The highest BCUT2D eigenvalue weighted by Crippen LogP contribution is 2.23. The summed E-state index contributed by atoms with van der Waals surface area (Å²) in [5, 5.41) is 0. The Kier molecular flexibility index (Phi) is 5.28. The lowest BCUT2D eigenvalue weighted by molar-refractivity contribution is 0.414. The van der Waals surface area contributed by atoms with Gasteiger partial charge in [0, 0.05) is 24.8 Å². The maximum atomic E-state index is 12.6. The molecule has 0 amide bonds. The molecule has 7 nitrogen and oxygen atoms in total. The fourth-order valence-corrected chi connectivity index (χ4v) is 4.13. The van der Waals surface area contributed by atoms with Crippen LogP contribution in [0, 0.1) is 0 Å². The molecule has 8 heteroatoms. The second-order valence-electron chi connectivity index (χ2n) is 6.37. The molecule has 0 aliphatic heterocycles. The number of pyridine rings is 1. The first kappa shape index (κ1) is 19.1. The molecule has 0 aliphatic carbocycles. The second kappa shape index (κ2) is 8.02. The van der Waals surface area contributed by atoms with Crippen molar-refractivity contribution in [2.45, 2.75) is 11.4 Å². The predicted molar refractivity (Wildman–Crippen MR) is 111 cm³/mol. The Labute approximate surface area is 169 Å². The molecule has 0 fully saturated rings. The van der Waals surface area contributed by atoms with E-state index in [1.165, 1.54) is 19.2 Å². The van der Waals surface area contributed by atoms with Gasteiger partial charge in [-0.15, -0.1) is 0 Å². The predicted octanol–water partition coefficient (Wildman–Crippen LogP) is 3.09. The van der Waals surface area contributed by atoms with Crippen molar-refractivity contribution in [1.82, 2.24) is 19.3 Å². The van der Waals surface area contributed by atoms with Crippen molar-refractivity contribution in [2.75, 3.05) is 13.7 Å². The number of benzene rings is 2. The number of hydrogen-bond donors (Lipinski definition) is 1. The Morgan fingerprint density at radius 1 is 1.00 bits per heavy atom. The van der Waals surface area contributed by atoms with Gasteiger partial charge in [-0.3, -0.25) is 0 Å². The molecule has 4 rings (SSSR count). The first-order chi connectivity index (χ1) is 14.1. The number of rotatable bonds is 7. The molecule has 0 unspecified atom stereocenters. The van der Waals surface area contributed by atoms with E-state index in [0.717, 1.165) is 22.6 Å². The number of aromatic nitrogens is 3. The van der Waals surface area contributed by atoms with Gasteiger partial charge in [0.05, 0.1) is 12.0 Å². The first-order valence-corrected chi connectivity index (χ1v) is 10.6. The van der Waals surface area contributed by atoms with E-state index in [-0.39, 0.29) is 11.4 Å². The molecule has 4 aromatic rings. The van der Waals surface area contributed by atoms with Gasteiger partial charge in [-0.05, 0) is 36.4 Å². The van der Waals surface area contributed by atoms with Crippen molar-refractivity contribution in [3.05, 3.63) is 72.9 Å². The summed E-state index contributed by atoms with van der Waals surface area (Å²) < 4.78 is 34.8. The highest BCUT2D eigenvalue weighted by atomic mass is 32.2. The summed E-state index contributed by atoms with van der Waals surface area (Å²) in [6, 6.07) is 19.8. The molecule has 0 spiro atoms. The Morgan fingerprint density at radius 2 is 1.76 bits per heavy atom. The lowest BCUT2D eigenvalue weighted by Crippen LogP contribution is -2.27. The average molecular weight is 408 g/mol. The molecule has 0 bridgehead atoms. The van der Waals surface area contributed by atoms with Crippen LogP contribution in [0.1, 0.15) is 0 Å². The summed E-state index contributed by atoms with van der Waals surface area (Å²) in [6.45, 7) is 0.601. The van der Waals surface area contributed by atoms with Gasteiger partial charge in [0.15, 0.2) is 5.65 Å². The van der Waals surface area contributed by atoms with Gasteiger partial charge < -0.3 is 9.30 Å². The summed E-state index contributed by atoms with van der Waals surface area (Å²) in [4.78, 5) is 9.30. The van der Waals surface area contributed by atoms with Crippen molar-refractivity contribution in [3.63, 3.8) is 0 Å². The Balaban J connectivity index is 1.58. The van der Waals surface area contributed by atoms with Crippen molar-refractivity contribution < 1.29 is 13.2 Å². The highest BCUT2D eigenvalue weighted by Gasteiger charge is 2.16. The van der Waals surface area contributed by atoms with E-state index < -0.39 is 10.0 Å². The van der Waals surface area contributed by atoms with Gasteiger partial charge in [0.1, 0.15) is 17.1 Å². The van der Waals surface area contributed by atoms with Gasteiger partial charge in [0.2, 0.25) is 10.0 Å². The molecule has 0 radical (unpaired) electrons. The third-order valence-electron chi connectivity index (χ3n) is 4.53. The van der Waals surface area contributed by atoms with Crippen LogP contribution in [-0.4, -0.2) is 36.6 Å². The Morgan fingerprint density at radius 3 is 2.48 bits per heavy atom. The topological polar surface area (TPSA) is 86.1 Å². The number of methoxy groups -OCH3 is 1. The minimum absolute atomic E-state index is 0.190. The molecule has 0 aliphatic rings. The zero-order valence-electron chi connectivity index (χ0n) is 15.8. The van der Waals surface area contributed by atoms with Crippen LogP contribution >= 0.6 is 0 Å². The summed E-state index contributed by atoms with van der Waals surface area (Å²) in [6.07, 6.45) is 1.71. The van der Waals surface area contributed by atoms with Gasteiger partial charge in [0.25, 0.3) is 0 Å². The van der Waals surface area contributed by atoms with E-state index in [0.29, 0.717) is 12.3 Å². The summed E-state index contributed by atoms with van der Waals surface area (Å²) in [7, 11) is -2.09. The van der Waals surface area contributed by atoms with Crippen LogP contribution in [0.2, 0.25) is 0 Å². The third kappa shape index (κ3) is 3.98. The quantitative estimate of drug-likeness (QED) is 0.508. The van der Waals surface area contributed by atoms with E-state index >= 15 is 0 Å². The van der Waals surface area contributed by atoms with E-state index in [1.807, 2.05) is 47.0 Å². The van der Waals surface area contributed by atoms with Crippen LogP contribution < -0.4 is 9.46 Å². The summed E-state index contributed by atoms with van der Waals surface area (Å²) >= 11 is 0. The smallest absolute Gasteiger partial charge is 0.240 e. The molecular weight excluding hydrogens is 388 g/mol. The van der Waals surface area contributed by atoms with Gasteiger partial charge >= 0.3 is 0 Å². The van der Waals surface area contributed by atoms with Crippen LogP contribution in [-0.2, 0) is 16.6 Å². The molecule has 2 aromatic carbocycles. The third-order valence-corrected chi connectivity index (χ3v) is 6.01. The lowest BCUT2D eigenvalue weighted by Gasteiger charge is -2.11. The minimum Gasteiger partial charge on any atom is -0.497 e. The van der Waals surface area contributed by atoms with Crippen molar-refractivity contribution in [3.8, 4) is 17.1 Å². The number of nitrogens with zero attached hydrogens (tertiary/aromatic N) is 3. The van der Waals surface area contributed by atoms with Crippen LogP contribution in [0.15, 0.2) is 77.8 Å². The Hall–Kier alpha value is -3.23. The van der Waals surface area contributed by atoms with Crippen LogP contribution in [0.3, 0.4) is 0 Å². The van der Waals surface area contributed by atoms with Gasteiger partial charge in [-0.25, -0.2) is 23.1 Å². The molecule has 2 aromatic heterocycles. The van der Waals surface area contributed by atoms with Crippen LogP contribution in [0.25, 0.3) is 22.6 Å². The second-order valence-corrected chi connectivity index (χ2v) is 8.14. The number of sulfonamides is 1. The number of imidazole rings is 1. The van der Waals surface area contributed by atoms with E-state index in [9.17, 15) is 8.42 Å². The SMILES string of the molecule is COc1ccc(S(=O)(=O)NCCn2c(-c3ccccc3)nc3cccnc32)cc1. The Bertz CT molecular complexity index is 1220. The van der Waals surface area contributed by atoms with Crippen molar-refractivity contribution >= 4 is 21.2 Å². The van der Waals surface area contributed by atoms with Gasteiger partial charge in [-0.1, -0.05) is 30.3 Å². The largest absolute Gasteiger partial charge is 0.497 e. The fourth-order valence-electron chi connectivity index (χ4n) is 3.11. The minimum atomic E-state index is -3.63. The van der Waals surface area contributed by atoms with E-state index in [2.05, 4.69) is 14.7 Å². The summed E-state index contributed by atoms with van der Waals surface area (Å²) in [5.74, 6) is 1.36. The molecule has 0 saturated heterocycles. The molecule has 0 atom stereocenters. The molecular formula is C21H20N4O3S. The molecule has 148 valence electrons. The van der Waals surface area contributed by atoms with Crippen molar-refractivity contribution in [2.24, 2.45) is 0 Å². The molecule has 2 heterocycles. The fraction of sp³-hybridized carbons (Fsp3) is 0.143. The molecule has 1 N–H and O–H groups in total. The zero-order chi connectivity index (χ0) is 20.3. The number of nitrogens with one attached hydrogen (secondary N) is 1. The van der Waals surface area contributed by atoms with E-state index in [4.69, 9.17) is 4.74 Å². The molecule has 29 heavy (non-hydrogen) atoms. The first-order valence-electron chi connectivity index (χ1n) is 9.09. The van der Waals surface area contributed by atoms with Gasteiger partial charge in [-0.2, -0.15) is 0 Å². The molecule has 0 saturated carbocycles. The number of fused-ring (bicyclic) bond motifs is 1.